The first kappa shape index (κ1) is 43.7. The normalized spacial score (nSPS) is 11.3. The molecular formula is C65H44IrN3. The maximum atomic E-state index is 4.78. The van der Waals surface area contributed by atoms with Gasteiger partial charge in [0, 0.05) is 18.6 Å². The summed E-state index contributed by atoms with van der Waals surface area (Å²) < 4.78 is 0. The van der Waals surface area contributed by atoms with Crippen LogP contribution in [0.3, 0.4) is 0 Å². The van der Waals surface area contributed by atoms with E-state index in [2.05, 4.69) is 216 Å². The number of hydrogen-bond donors (Lipinski definition) is 0. The molecule has 3 heterocycles. The van der Waals surface area contributed by atoms with E-state index in [1.807, 2.05) is 30.7 Å². The van der Waals surface area contributed by atoms with Crippen molar-refractivity contribution in [3.8, 4) is 55.8 Å². The molecule has 3 aromatic heterocycles. The van der Waals surface area contributed by atoms with Gasteiger partial charge in [0.25, 0.3) is 0 Å². The number of rotatable bonds is 11. The number of pyridine rings is 3. The molecule has 0 saturated heterocycles. The average Bonchev–Trinajstić information content (AvgIpc) is 3.42. The van der Waals surface area contributed by atoms with E-state index in [1.54, 1.807) is 0 Å². The van der Waals surface area contributed by atoms with Crippen molar-refractivity contribution in [2.75, 3.05) is 0 Å². The largest absolute Gasteiger partial charge is 3.00 e. The van der Waals surface area contributed by atoms with Crippen molar-refractivity contribution in [1.29, 1.82) is 0 Å². The molecule has 328 valence electrons. The van der Waals surface area contributed by atoms with Gasteiger partial charge in [-0.3, -0.25) is 0 Å². The zero-order valence-electron chi connectivity index (χ0n) is 37.8. The van der Waals surface area contributed by atoms with Gasteiger partial charge in [0.15, 0.2) is 0 Å². The minimum atomic E-state index is 0. The Kier molecular flexibility index (Phi) is 12.3. The van der Waals surface area contributed by atoms with E-state index in [1.165, 1.54) is 60.8 Å². The Balaban J connectivity index is 0.00000520. The van der Waals surface area contributed by atoms with E-state index >= 15 is 0 Å². The zero-order chi connectivity index (χ0) is 45.2. The third-order valence-electron chi connectivity index (χ3n) is 13.3. The van der Waals surface area contributed by atoms with Crippen molar-refractivity contribution >= 4 is 43.4 Å². The monoisotopic (exact) mass is 1060 g/mol. The summed E-state index contributed by atoms with van der Waals surface area (Å²) in [4.78, 5) is 14.1. The third-order valence-corrected chi connectivity index (χ3v) is 13.3. The van der Waals surface area contributed by atoms with Crippen molar-refractivity contribution in [3.63, 3.8) is 0 Å². The summed E-state index contributed by atoms with van der Waals surface area (Å²) in [6, 6.07) is 82.6. The number of aromatic nitrogens is 3. The van der Waals surface area contributed by atoms with Crippen LogP contribution in [0.4, 0.5) is 0 Å². The quantitative estimate of drug-likeness (QED) is 0.0957. The van der Waals surface area contributed by atoms with Crippen LogP contribution in [-0.4, -0.2) is 15.0 Å². The van der Waals surface area contributed by atoms with Gasteiger partial charge in [0.1, 0.15) is 0 Å². The maximum Gasteiger partial charge on any atom is 3.00 e. The predicted molar refractivity (Wildman–Crippen MR) is 281 cm³/mol. The first-order chi connectivity index (χ1) is 33.6. The van der Waals surface area contributed by atoms with Gasteiger partial charge in [0.2, 0.25) is 0 Å². The fraction of sp³-hybridized carbons (Fsp3) is 0.0615. The van der Waals surface area contributed by atoms with Gasteiger partial charge in [-0.1, -0.05) is 163 Å². The van der Waals surface area contributed by atoms with Gasteiger partial charge >= 0.3 is 20.1 Å². The van der Waals surface area contributed by atoms with Crippen LogP contribution < -0.4 is 0 Å². The van der Waals surface area contributed by atoms with Crippen molar-refractivity contribution < 1.29 is 20.1 Å². The topological polar surface area (TPSA) is 38.7 Å². The van der Waals surface area contributed by atoms with E-state index in [4.69, 9.17) is 4.98 Å². The molecule has 0 unspecified atom stereocenters. The summed E-state index contributed by atoms with van der Waals surface area (Å²) in [5.74, 6) is 0. The summed E-state index contributed by atoms with van der Waals surface area (Å²) in [6.07, 6.45) is 9.25. The van der Waals surface area contributed by atoms with Crippen LogP contribution in [0.2, 0.25) is 0 Å². The fourth-order valence-electron chi connectivity index (χ4n) is 9.73. The molecule has 0 radical (unpaired) electrons. The Morgan fingerprint density at radius 2 is 0.841 bits per heavy atom. The summed E-state index contributed by atoms with van der Waals surface area (Å²) >= 11 is 0. The standard InChI is InChI=1S/C65H44N3.Ir/c1-2-8-48(9-3-1)49-20-22-50(23-21-49)55-34-37-66-63(43-55)52-26-24-51(25-27-52)59-12-4-5-13-60(59)58-41-46(16-14-44-18-32-61-56(39-44)30-28-53-10-6-35-67-64(53)61)38-47(42-58)17-15-45-19-33-62-57(40-45)31-29-54-11-7-36-68-65(54)62;/h1-13,18-26,28-31,34-43H,14-17H2;/q-3;+3. The second-order valence-electron chi connectivity index (χ2n) is 17.7. The Hall–Kier alpha value is -7.88. The number of fused-ring (bicyclic) bond motifs is 6. The molecule has 3 nitrogen and oxygen atoms in total. The molecule has 69 heavy (non-hydrogen) atoms. The van der Waals surface area contributed by atoms with E-state index in [-0.39, 0.29) is 20.1 Å². The molecule has 12 aromatic rings. The van der Waals surface area contributed by atoms with Crippen LogP contribution in [-0.2, 0) is 45.8 Å². The van der Waals surface area contributed by atoms with Gasteiger partial charge in [-0.2, -0.15) is 0 Å². The Bertz CT molecular complexity index is 3650. The second-order valence-corrected chi connectivity index (χ2v) is 17.7. The molecule has 0 atom stereocenters. The van der Waals surface area contributed by atoms with Crippen LogP contribution in [0, 0.1) is 18.2 Å². The number of benzene rings is 9. The van der Waals surface area contributed by atoms with Crippen molar-refractivity contribution in [1.82, 2.24) is 15.0 Å². The minimum absolute atomic E-state index is 0. The first-order valence-corrected chi connectivity index (χ1v) is 23.4. The molecule has 0 aliphatic heterocycles. The van der Waals surface area contributed by atoms with Crippen LogP contribution in [0.1, 0.15) is 22.3 Å². The van der Waals surface area contributed by atoms with Crippen LogP contribution in [0.5, 0.6) is 0 Å². The van der Waals surface area contributed by atoms with E-state index < -0.39 is 0 Å². The van der Waals surface area contributed by atoms with Gasteiger partial charge in [-0.05, 0) is 103 Å². The molecule has 0 N–H and O–H groups in total. The third kappa shape index (κ3) is 9.13. The molecule has 0 spiro atoms. The molecule has 0 aliphatic carbocycles. The molecule has 12 rings (SSSR count). The predicted octanol–water partition coefficient (Wildman–Crippen LogP) is 15.8. The molecule has 0 fully saturated rings. The van der Waals surface area contributed by atoms with Gasteiger partial charge < -0.3 is 15.0 Å². The van der Waals surface area contributed by atoms with E-state index in [0.717, 1.165) is 86.2 Å². The average molecular weight is 1060 g/mol. The number of aryl methyl sites for hydroxylation is 4. The summed E-state index contributed by atoms with van der Waals surface area (Å²) in [5.41, 5.74) is 18.4. The Morgan fingerprint density at radius 3 is 1.43 bits per heavy atom. The van der Waals surface area contributed by atoms with Crippen LogP contribution in [0.15, 0.2) is 219 Å². The van der Waals surface area contributed by atoms with E-state index in [0.29, 0.717) is 0 Å². The minimum Gasteiger partial charge on any atom is -0.305 e. The molecule has 0 aliphatic rings. The van der Waals surface area contributed by atoms with Gasteiger partial charge in [-0.25, -0.2) is 0 Å². The molecule has 9 aromatic carbocycles. The molecule has 0 saturated carbocycles. The van der Waals surface area contributed by atoms with Crippen LogP contribution >= 0.6 is 0 Å². The maximum absolute atomic E-state index is 4.78. The molecule has 4 heteroatoms. The van der Waals surface area contributed by atoms with E-state index in [9.17, 15) is 0 Å². The Labute approximate surface area is 416 Å². The molecular weight excluding hydrogens is 1010 g/mol. The summed E-state index contributed by atoms with van der Waals surface area (Å²) in [7, 11) is 0. The zero-order valence-corrected chi connectivity index (χ0v) is 40.2. The molecule has 0 bridgehead atoms. The van der Waals surface area contributed by atoms with Crippen molar-refractivity contribution in [3.05, 3.63) is 259 Å². The van der Waals surface area contributed by atoms with Gasteiger partial charge in [-0.15, -0.1) is 98.9 Å². The summed E-state index contributed by atoms with van der Waals surface area (Å²) in [5, 5.41) is 6.77. The van der Waals surface area contributed by atoms with Crippen LogP contribution in [0.25, 0.3) is 99.1 Å². The second kappa shape index (κ2) is 19.4. The van der Waals surface area contributed by atoms with Crippen molar-refractivity contribution in [2.45, 2.75) is 25.7 Å². The van der Waals surface area contributed by atoms with Crippen molar-refractivity contribution in [2.24, 2.45) is 0 Å². The Morgan fingerprint density at radius 1 is 0.319 bits per heavy atom. The molecule has 0 amide bonds. The number of nitrogens with zero attached hydrogens (tertiary/aromatic N) is 3. The fourth-order valence-corrected chi connectivity index (χ4v) is 9.73. The van der Waals surface area contributed by atoms with Gasteiger partial charge in [0.05, 0.1) is 0 Å². The number of hydrogen-bond acceptors (Lipinski definition) is 3. The summed E-state index contributed by atoms with van der Waals surface area (Å²) in [6.45, 7) is 0. The smallest absolute Gasteiger partial charge is 0.305 e. The first-order valence-electron chi connectivity index (χ1n) is 23.4. The SMILES string of the molecule is [Ir+3].[c-]1cc(-c2ccccc2-c2cc(CCc3c[c-]c4c(ccc5cccnc54)c3)cc(CCc3c[c-]c4c(ccc5cccnc54)c3)c2)ccc1-c1cc(-c2ccc(-c3ccccc3)cc2)ccn1.